The lowest BCUT2D eigenvalue weighted by Gasteiger charge is -2.34. The minimum Gasteiger partial charge on any atom is -0.374 e. The molecule has 19 heavy (non-hydrogen) atoms. The first-order valence-electron chi connectivity index (χ1n) is 6.27. The van der Waals surface area contributed by atoms with Gasteiger partial charge in [0.2, 0.25) is 0 Å². The average molecular weight is 326 g/mol. The van der Waals surface area contributed by atoms with Gasteiger partial charge in [-0.3, -0.25) is 9.69 Å². The van der Waals surface area contributed by atoms with Gasteiger partial charge in [-0.2, -0.15) is 0 Å². The van der Waals surface area contributed by atoms with Gasteiger partial charge in [-0.1, -0.05) is 0 Å². The van der Waals surface area contributed by atoms with E-state index < -0.39 is 0 Å². The highest BCUT2D eigenvalue weighted by Gasteiger charge is 2.22. The van der Waals surface area contributed by atoms with Crippen molar-refractivity contribution in [1.82, 2.24) is 15.1 Å². The summed E-state index contributed by atoms with van der Waals surface area (Å²) in [5.41, 5.74) is 0. The summed E-state index contributed by atoms with van der Waals surface area (Å²) in [7, 11) is 2.73. The van der Waals surface area contributed by atoms with Crippen LogP contribution < -0.4 is 5.32 Å². The first-order valence-corrected chi connectivity index (χ1v) is 9.53. The summed E-state index contributed by atoms with van der Waals surface area (Å²) in [4.78, 5) is 15.5. The van der Waals surface area contributed by atoms with E-state index in [1.54, 1.807) is 23.7 Å². The van der Waals surface area contributed by atoms with Gasteiger partial charge >= 0.3 is 0 Å². The fourth-order valence-corrected chi connectivity index (χ4v) is 2.94. The number of ether oxygens (including phenoxy) is 1. The Morgan fingerprint density at radius 2 is 2.42 bits per heavy atom. The van der Waals surface area contributed by atoms with Crippen molar-refractivity contribution in [3.63, 3.8) is 0 Å². The van der Waals surface area contributed by atoms with Crippen molar-refractivity contribution in [2.45, 2.75) is 6.10 Å². The number of rotatable bonds is 7. The van der Waals surface area contributed by atoms with E-state index in [2.05, 4.69) is 28.1 Å². The third-order valence-corrected chi connectivity index (χ3v) is 4.37. The standard InChI is InChI=1S/C11H23N3O2S3/c1-13(11(15)19-17)7-10-8-14(5-6-16-10)4-3-12-9-18-2/h10,12,17H,3-9H2,1-2H3/t10-/m1/s1. The predicted octanol–water partition coefficient (Wildman–Crippen LogP) is 1.23. The van der Waals surface area contributed by atoms with Crippen molar-refractivity contribution >= 4 is 39.5 Å². The lowest BCUT2D eigenvalue weighted by Crippen LogP contribution is -2.48. The molecule has 0 aromatic carbocycles. The Bertz CT molecular complexity index is 272. The van der Waals surface area contributed by atoms with Crippen molar-refractivity contribution in [3.05, 3.63) is 0 Å². The van der Waals surface area contributed by atoms with Crippen LogP contribution in [0.2, 0.25) is 0 Å². The fraction of sp³-hybridized carbons (Fsp3) is 0.909. The number of hydrogen-bond donors (Lipinski definition) is 2. The smallest absolute Gasteiger partial charge is 0.291 e. The third-order valence-electron chi connectivity index (χ3n) is 2.94. The minimum absolute atomic E-state index is 0.0364. The maximum Gasteiger partial charge on any atom is 0.291 e. The van der Waals surface area contributed by atoms with E-state index in [4.69, 9.17) is 4.74 Å². The molecule has 1 amide bonds. The predicted molar refractivity (Wildman–Crippen MR) is 87.2 cm³/mol. The van der Waals surface area contributed by atoms with Crippen LogP contribution in [0.25, 0.3) is 0 Å². The second-order valence-corrected chi connectivity index (χ2v) is 6.41. The number of morpholine rings is 1. The van der Waals surface area contributed by atoms with Gasteiger partial charge in [0.1, 0.15) is 0 Å². The Kier molecular flexibility index (Phi) is 9.34. The molecule has 0 unspecified atom stereocenters. The number of likely N-dealkylation sites (N-methyl/N-ethyl adjacent to an activating group) is 1. The van der Waals surface area contributed by atoms with Gasteiger partial charge in [0, 0.05) is 56.4 Å². The van der Waals surface area contributed by atoms with Crippen LogP contribution in [-0.4, -0.2) is 79.7 Å². The molecule has 1 aliphatic heterocycles. The van der Waals surface area contributed by atoms with Crippen LogP contribution in [0.15, 0.2) is 0 Å². The van der Waals surface area contributed by atoms with Crippen molar-refractivity contribution in [1.29, 1.82) is 0 Å². The van der Waals surface area contributed by atoms with Gasteiger partial charge in [-0.05, 0) is 6.26 Å². The van der Waals surface area contributed by atoms with E-state index in [9.17, 15) is 4.79 Å². The van der Waals surface area contributed by atoms with Crippen molar-refractivity contribution in [3.8, 4) is 0 Å². The maximum absolute atomic E-state index is 11.4. The van der Waals surface area contributed by atoms with Crippen LogP contribution in [-0.2, 0) is 4.74 Å². The molecule has 1 rings (SSSR count). The van der Waals surface area contributed by atoms with Gasteiger partial charge in [0.15, 0.2) is 0 Å². The number of carbonyl (C=O) groups excluding carboxylic acids is 1. The zero-order valence-electron chi connectivity index (χ0n) is 11.5. The zero-order chi connectivity index (χ0) is 14.1. The van der Waals surface area contributed by atoms with Gasteiger partial charge < -0.3 is 15.0 Å². The highest BCUT2D eigenvalue weighted by Crippen LogP contribution is 2.13. The van der Waals surface area contributed by atoms with Crippen LogP contribution in [0.3, 0.4) is 0 Å². The van der Waals surface area contributed by atoms with E-state index >= 15 is 0 Å². The van der Waals surface area contributed by atoms with E-state index in [0.717, 1.165) is 49.5 Å². The second kappa shape index (κ2) is 10.2. The number of thiol groups is 1. The highest BCUT2D eigenvalue weighted by molar-refractivity contribution is 8.74. The Morgan fingerprint density at radius 3 is 3.11 bits per heavy atom. The van der Waals surface area contributed by atoms with Gasteiger partial charge in [0.25, 0.3) is 5.24 Å². The summed E-state index contributed by atoms with van der Waals surface area (Å²) in [6.45, 7) is 5.24. The molecule has 1 atom stereocenters. The Labute approximate surface area is 129 Å². The molecular formula is C11H23N3O2S3. The molecule has 1 aliphatic rings. The summed E-state index contributed by atoms with van der Waals surface area (Å²) in [5.74, 6) is 0.990. The van der Waals surface area contributed by atoms with Crippen molar-refractivity contribution in [2.24, 2.45) is 0 Å². The molecule has 112 valence electrons. The van der Waals surface area contributed by atoms with Gasteiger partial charge in [-0.15, -0.1) is 23.4 Å². The van der Waals surface area contributed by atoms with Gasteiger partial charge in [0.05, 0.1) is 12.7 Å². The fourth-order valence-electron chi connectivity index (χ4n) is 1.96. The second-order valence-electron chi connectivity index (χ2n) is 4.46. The Morgan fingerprint density at radius 1 is 1.63 bits per heavy atom. The van der Waals surface area contributed by atoms with Crippen LogP contribution >= 0.6 is 34.2 Å². The first-order chi connectivity index (χ1) is 9.17. The quantitative estimate of drug-likeness (QED) is 0.318. The summed E-state index contributed by atoms with van der Waals surface area (Å²) in [6, 6.07) is 0. The maximum atomic E-state index is 11.4. The van der Waals surface area contributed by atoms with E-state index in [-0.39, 0.29) is 11.3 Å². The lowest BCUT2D eigenvalue weighted by atomic mass is 10.2. The number of amides is 1. The SMILES string of the molecule is CSCNCCN1CCO[C@H](CN(C)C(=O)SS)C1. The summed E-state index contributed by atoms with van der Waals surface area (Å²) in [6.07, 6.45) is 2.19. The summed E-state index contributed by atoms with van der Waals surface area (Å²) in [5, 5.41) is 3.33. The number of carbonyl (C=O) groups is 1. The molecule has 1 fully saturated rings. The normalized spacial score (nSPS) is 20.5. The molecule has 1 heterocycles. The molecule has 5 nitrogen and oxygen atoms in total. The highest BCUT2D eigenvalue weighted by atomic mass is 33.1. The molecule has 8 heteroatoms. The molecule has 1 N–H and O–H groups in total. The monoisotopic (exact) mass is 325 g/mol. The number of nitrogens with one attached hydrogen (secondary N) is 1. The minimum atomic E-state index is -0.0364. The third kappa shape index (κ3) is 7.10. The topological polar surface area (TPSA) is 44.8 Å². The van der Waals surface area contributed by atoms with E-state index in [1.807, 2.05) is 0 Å². The molecule has 0 radical (unpaired) electrons. The molecule has 1 saturated heterocycles. The first kappa shape index (κ1) is 17.5. The van der Waals surface area contributed by atoms with Crippen LogP contribution in [0, 0.1) is 0 Å². The average Bonchev–Trinajstić information content (AvgIpc) is 2.43. The van der Waals surface area contributed by atoms with Crippen LogP contribution in [0.5, 0.6) is 0 Å². The largest absolute Gasteiger partial charge is 0.374 e. The molecular weight excluding hydrogens is 302 g/mol. The van der Waals surface area contributed by atoms with Crippen molar-refractivity contribution in [2.75, 3.05) is 58.5 Å². The van der Waals surface area contributed by atoms with Crippen molar-refractivity contribution < 1.29 is 9.53 Å². The van der Waals surface area contributed by atoms with Crippen LogP contribution in [0.1, 0.15) is 0 Å². The lowest BCUT2D eigenvalue weighted by molar-refractivity contribution is -0.0349. The van der Waals surface area contributed by atoms with Gasteiger partial charge in [-0.25, -0.2) is 0 Å². The van der Waals surface area contributed by atoms with E-state index in [1.165, 1.54) is 0 Å². The number of nitrogens with zero attached hydrogens (tertiary/aromatic N) is 2. The Hall–Kier alpha value is 0.400. The molecule has 0 bridgehead atoms. The molecule has 0 aromatic rings. The Balaban J connectivity index is 2.23. The summed E-state index contributed by atoms with van der Waals surface area (Å²) >= 11 is 5.72. The molecule has 0 spiro atoms. The summed E-state index contributed by atoms with van der Waals surface area (Å²) < 4.78 is 5.71. The number of thioether (sulfide) groups is 1. The zero-order valence-corrected chi connectivity index (χ0v) is 14.0. The van der Waals surface area contributed by atoms with E-state index in [0.29, 0.717) is 6.54 Å². The van der Waals surface area contributed by atoms with Crippen LogP contribution in [0.4, 0.5) is 4.79 Å². The molecule has 0 aliphatic carbocycles. The molecule has 0 aromatic heterocycles. The number of hydrogen-bond acceptors (Lipinski definition) is 7. The molecule has 0 saturated carbocycles.